The lowest BCUT2D eigenvalue weighted by Gasteiger charge is -2.24. The highest BCUT2D eigenvalue weighted by Crippen LogP contribution is 2.45. The molecule has 1 atom stereocenters. The number of aryl methyl sites for hydroxylation is 1. The first-order valence-corrected chi connectivity index (χ1v) is 13.8. The van der Waals surface area contributed by atoms with Gasteiger partial charge in [0.2, 0.25) is 0 Å². The predicted octanol–water partition coefficient (Wildman–Crippen LogP) is 6.24. The van der Waals surface area contributed by atoms with Crippen LogP contribution in [0.25, 0.3) is 5.76 Å². The van der Waals surface area contributed by atoms with Crippen molar-refractivity contribution in [1.29, 1.82) is 0 Å². The Morgan fingerprint density at radius 1 is 1.12 bits per heavy atom. The largest absolute Gasteiger partial charge is 0.507 e. The van der Waals surface area contributed by atoms with Crippen LogP contribution in [0.1, 0.15) is 66.7 Å². The third-order valence-electron chi connectivity index (χ3n) is 6.41. The summed E-state index contributed by atoms with van der Waals surface area (Å²) in [7, 11) is 0. The van der Waals surface area contributed by atoms with E-state index in [0.29, 0.717) is 46.8 Å². The summed E-state index contributed by atoms with van der Waals surface area (Å²) >= 11 is 0.994. The molecule has 4 rings (SSSR count). The first-order chi connectivity index (χ1) is 19.0. The van der Waals surface area contributed by atoms with E-state index in [9.17, 15) is 23.9 Å². The van der Waals surface area contributed by atoms with Gasteiger partial charge in [0.15, 0.2) is 22.4 Å². The van der Waals surface area contributed by atoms with Crippen LogP contribution in [-0.4, -0.2) is 40.8 Å². The van der Waals surface area contributed by atoms with Crippen molar-refractivity contribution >= 4 is 39.7 Å². The highest BCUT2D eigenvalue weighted by atomic mass is 32.1. The van der Waals surface area contributed by atoms with Crippen LogP contribution in [0.4, 0.5) is 9.52 Å². The van der Waals surface area contributed by atoms with E-state index in [1.54, 1.807) is 25.1 Å². The molecular formula is C30H31FN2O6S. The second kappa shape index (κ2) is 12.0. The zero-order chi connectivity index (χ0) is 29.1. The lowest BCUT2D eigenvalue weighted by Crippen LogP contribution is -2.29. The van der Waals surface area contributed by atoms with Crippen LogP contribution in [0.5, 0.6) is 11.5 Å². The summed E-state index contributed by atoms with van der Waals surface area (Å²) in [5, 5.41) is 11.4. The molecule has 1 unspecified atom stereocenters. The molecule has 1 saturated heterocycles. The number of hydrogen-bond acceptors (Lipinski definition) is 8. The van der Waals surface area contributed by atoms with Crippen molar-refractivity contribution in [2.75, 3.05) is 18.1 Å². The predicted molar refractivity (Wildman–Crippen MR) is 151 cm³/mol. The van der Waals surface area contributed by atoms with Gasteiger partial charge in [-0.15, -0.1) is 0 Å². The van der Waals surface area contributed by atoms with Gasteiger partial charge in [0.05, 0.1) is 35.4 Å². The molecule has 3 aromatic rings. The number of halogens is 1. The minimum atomic E-state index is -1.10. The Morgan fingerprint density at radius 3 is 2.42 bits per heavy atom. The zero-order valence-corrected chi connectivity index (χ0v) is 23.8. The third kappa shape index (κ3) is 5.77. The number of thiazole rings is 1. The standard InChI is InChI=1S/C30H31FN2O6S/c1-6-38-23-15-20(9-12-22(23)39-14-13-16(2)3)25-24(26(35)19-7-10-21(31)11-8-19)27(36)29(37)33(25)30-32-17(4)28(40-30)18(5)34/h7-12,15-16,25,35H,6,13-14H2,1-5H3/b26-24+. The number of benzene rings is 2. The minimum absolute atomic E-state index is 0.142. The molecule has 1 aliphatic heterocycles. The van der Waals surface area contributed by atoms with Gasteiger partial charge in [0.25, 0.3) is 5.78 Å². The van der Waals surface area contributed by atoms with E-state index in [-0.39, 0.29) is 22.1 Å². The molecule has 0 bridgehead atoms. The van der Waals surface area contributed by atoms with E-state index >= 15 is 0 Å². The maximum Gasteiger partial charge on any atom is 0.301 e. The van der Waals surface area contributed by atoms with Crippen LogP contribution in [0, 0.1) is 18.7 Å². The Balaban J connectivity index is 1.90. The van der Waals surface area contributed by atoms with Gasteiger partial charge in [-0.05, 0) is 68.1 Å². The number of anilines is 1. The Kier molecular flexibility index (Phi) is 8.68. The second-order valence-corrected chi connectivity index (χ2v) is 10.8. The second-order valence-electron chi connectivity index (χ2n) is 9.81. The fraction of sp³-hybridized carbons (Fsp3) is 0.333. The molecule has 0 radical (unpaired) electrons. The first-order valence-electron chi connectivity index (χ1n) is 13.0. The molecular weight excluding hydrogens is 535 g/mol. The molecule has 2 aromatic carbocycles. The Morgan fingerprint density at radius 2 is 1.82 bits per heavy atom. The number of amides is 1. The molecule has 210 valence electrons. The number of rotatable bonds is 10. The number of aliphatic hydroxyl groups excluding tert-OH is 1. The summed E-state index contributed by atoms with van der Waals surface area (Å²) in [5.41, 5.74) is 0.864. The van der Waals surface area contributed by atoms with Crippen LogP contribution < -0.4 is 14.4 Å². The van der Waals surface area contributed by atoms with Crippen LogP contribution in [0.15, 0.2) is 48.0 Å². The highest BCUT2D eigenvalue weighted by Gasteiger charge is 2.48. The number of hydrogen-bond donors (Lipinski definition) is 1. The molecule has 10 heteroatoms. The molecule has 2 heterocycles. The van der Waals surface area contributed by atoms with Crippen molar-refractivity contribution in [3.8, 4) is 11.5 Å². The quantitative estimate of drug-likeness (QED) is 0.134. The fourth-order valence-corrected chi connectivity index (χ4v) is 5.40. The smallest absolute Gasteiger partial charge is 0.301 e. The average Bonchev–Trinajstić information content (AvgIpc) is 3.41. The van der Waals surface area contributed by atoms with Crippen molar-refractivity contribution in [3.63, 3.8) is 0 Å². The van der Waals surface area contributed by atoms with E-state index in [0.717, 1.165) is 29.9 Å². The normalized spacial score (nSPS) is 16.6. The van der Waals surface area contributed by atoms with E-state index < -0.39 is 29.3 Å². The van der Waals surface area contributed by atoms with Crippen LogP contribution in [-0.2, 0) is 9.59 Å². The molecule has 8 nitrogen and oxygen atoms in total. The Bertz CT molecular complexity index is 1480. The number of ketones is 2. The third-order valence-corrected chi connectivity index (χ3v) is 7.67. The number of aromatic nitrogens is 1. The first kappa shape index (κ1) is 28.9. The van der Waals surface area contributed by atoms with Gasteiger partial charge in [-0.25, -0.2) is 9.37 Å². The number of carbonyl (C=O) groups is 3. The lowest BCUT2D eigenvalue weighted by atomic mass is 9.95. The summed E-state index contributed by atoms with van der Waals surface area (Å²) in [6, 6.07) is 8.93. The maximum atomic E-state index is 13.6. The zero-order valence-electron chi connectivity index (χ0n) is 23.0. The summed E-state index contributed by atoms with van der Waals surface area (Å²) < 4.78 is 25.4. The molecule has 0 aliphatic carbocycles. The van der Waals surface area contributed by atoms with Gasteiger partial charge in [-0.2, -0.15) is 0 Å². The lowest BCUT2D eigenvalue weighted by molar-refractivity contribution is -0.132. The average molecular weight is 567 g/mol. The van der Waals surface area contributed by atoms with Crippen molar-refractivity contribution in [1.82, 2.24) is 4.98 Å². The van der Waals surface area contributed by atoms with Gasteiger partial charge < -0.3 is 14.6 Å². The Labute approximate surface area is 236 Å². The molecule has 1 aromatic heterocycles. The van der Waals surface area contributed by atoms with Crippen molar-refractivity contribution in [3.05, 3.63) is 75.6 Å². The number of ether oxygens (including phenoxy) is 2. The Hall–Kier alpha value is -4.05. The topological polar surface area (TPSA) is 106 Å². The molecule has 1 amide bonds. The monoisotopic (exact) mass is 566 g/mol. The van der Waals surface area contributed by atoms with Gasteiger partial charge in [0.1, 0.15) is 11.6 Å². The van der Waals surface area contributed by atoms with Gasteiger partial charge in [-0.3, -0.25) is 19.3 Å². The molecule has 40 heavy (non-hydrogen) atoms. The van der Waals surface area contributed by atoms with Gasteiger partial charge in [-0.1, -0.05) is 31.3 Å². The SMILES string of the molecule is CCOc1cc(C2/C(=C(\O)c3ccc(F)cc3)C(=O)C(=O)N2c2nc(C)c(C(C)=O)s2)ccc1OCCC(C)C. The van der Waals surface area contributed by atoms with Gasteiger partial charge in [0, 0.05) is 12.5 Å². The van der Waals surface area contributed by atoms with Crippen molar-refractivity contribution < 1.29 is 33.4 Å². The fourth-order valence-electron chi connectivity index (χ4n) is 4.41. The maximum absolute atomic E-state index is 13.6. The van der Waals surface area contributed by atoms with E-state index in [4.69, 9.17) is 9.47 Å². The molecule has 1 fully saturated rings. The molecule has 1 aliphatic rings. The summed E-state index contributed by atoms with van der Waals surface area (Å²) in [6.07, 6.45) is 0.840. The summed E-state index contributed by atoms with van der Waals surface area (Å²) in [4.78, 5) is 45.0. The molecule has 1 N–H and O–H groups in total. The van der Waals surface area contributed by atoms with Crippen molar-refractivity contribution in [2.24, 2.45) is 5.92 Å². The molecule has 0 saturated carbocycles. The van der Waals surface area contributed by atoms with E-state index in [2.05, 4.69) is 18.8 Å². The minimum Gasteiger partial charge on any atom is -0.507 e. The highest BCUT2D eigenvalue weighted by molar-refractivity contribution is 7.18. The number of nitrogens with zero attached hydrogens (tertiary/aromatic N) is 2. The number of carbonyl (C=O) groups excluding carboxylic acids is 3. The van der Waals surface area contributed by atoms with E-state index in [1.165, 1.54) is 24.0 Å². The van der Waals surface area contributed by atoms with Crippen LogP contribution in [0.2, 0.25) is 0 Å². The number of Topliss-reactive ketones (excluding diaryl/α,β-unsaturated/α-hetero) is 2. The summed E-state index contributed by atoms with van der Waals surface area (Å²) in [5.74, 6) is -1.67. The van der Waals surface area contributed by atoms with Gasteiger partial charge >= 0.3 is 5.91 Å². The van der Waals surface area contributed by atoms with Crippen LogP contribution in [0.3, 0.4) is 0 Å². The van der Waals surface area contributed by atoms with E-state index in [1.807, 2.05) is 6.92 Å². The number of aliphatic hydroxyl groups is 1. The molecule has 0 spiro atoms. The van der Waals surface area contributed by atoms with Crippen molar-refractivity contribution in [2.45, 2.75) is 47.1 Å². The summed E-state index contributed by atoms with van der Waals surface area (Å²) in [6.45, 7) is 9.89. The van der Waals surface area contributed by atoms with Crippen LogP contribution >= 0.6 is 11.3 Å².